The molecule has 0 amide bonds. The molecule has 2 N–H and O–H groups in total. The first-order valence-electron chi connectivity index (χ1n) is 7.16. The number of guanidine groups is 1. The van der Waals surface area contributed by atoms with E-state index in [-0.39, 0.29) is 24.0 Å². The van der Waals surface area contributed by atoms with E-state index in [0.717, 1.165) is 36.0 Å². The van der Waals surface area contributed by atoms with E-state index in [4.69, 9.17) is 9.47 Å². The normalized spacial score (nSPS) is 14.3. The number of fused-ring (bicyclic) bond motifs is 1. The molecule has 0 spiro atoms. The van der Waals surface area contributed by atoms with Crippen LogP contribution in [0.4, 0.5) is 0 Å². The van der Waals surface area contributed by atoms with E-state index in [9.17, 15) is 0 Å². The topological polar surface area (TPSA) is 54.9 Å². The van der Waals surface area contributed by atoms with Gasteiger partial charge in [-0.25, -0.2) is 4.99 Å². The van der Waals surface area contributed by atoms with Gasteiger partial charge in [-0.3, -0.25) is 0 Å². The minimum absolute atomic E-state index is 0. The SMILES string of the molecule is CCNC(=NCc1ccc2c(c1)OCO2)NC(C)CC.I. The molecule has 1 aliphatic heterocycles. The van der Waals surface area contributed by atoms with Crippen molar-refractivity contribution in [2.24, 2.45) is 4.99 Å². The first kappa shape index (κ1) is 17.9. The van der Waals surface area contributed by atoms with Gasteiger partial charge in [-0.1, -0.05) is 13.0 Å². The largest absolute Gasteiger partial charge is 0.454 e. The van der Waals surface area contributed by atoms with Crippen molar-refractivity contribution < 1.29 is 9.47 Å². The predicted molar refractivity (Wildman–Crippen MR) is 95.7 cm³/mol. The van der Waals surface area contributed by atoms with Gasteiger partial charge in [0, 0.05) is 12.6 Å². The summed E-state index contributed by atoms with van der Waals surface area (Å²) in [6.45, 7) is 8.13. The maximum Gasteiger partial charge on any atom is 0.231 e. The van der Waals surface area contributed by atoms with Crippen molar-refractivity contribution in [1.82, 2.24) is 10.6 Å². The lowest BCUT2D eigenvalue weighted by atomic mass is 10.2. The molecular formula is C15H24IN3O2. The first-order valence-corrected chi connectivity index (χ1v) is 7.16. The Balaban J connectivity index is 0.00000220. The Bertz CT molecular complexity index is 480. The van der Waals surface area contributed by atoms with E-state index in [1.807, 2.05) is 18.2 Å². The summed E-state index contributed by atoms with van der Waals surface area (Å²) < 4.78 is 10.7. The lowest BCUT2D eigenvalue weighted by Crippen LogP contribution is -2.41. The summed E-state index contributed by atoms with van der Waals surface area (Å²) in [6, 6.07) is 6.34. The molecule has 0 bridgehead atoms. The minimum atomic E-state index is 0. The molecule has 1 atom stereocenters. The molecule has 0 fully saturated rings. The predicted octanol–water partition coefficient (Wildman–Crippen LogP) is 2.89. The maximum absolute atomic E-state index is 5.37. The van der Waals surface area contributed by atoms with Gasteiger partial charge in [-0.2, -0.15) is 0 Å². The van der Waals surface area contributed by atoms with Crippen LogP contribution in [0.5, 0.6) is 11.5 Å². The van der Waals surface area contributed by atoms with Crippen LogP contribution in [0.15, 0.2) is 23.2 Å². The second-order valence-corrected chi connectivity index (χ2v) is 4.84. The van der Waals surface area contributed by atoms with Gasteiger partial charge in [0.15, 0.2) is 17.5 Å². The van der Waals surface area contributed by atoms with E-state index >= 15 is 0 Å². The molecule has 1 aliphatic rings. The van der Waals surface area contributed by atoms with Gasteiger partial charge < -0.3 is 20.1 Å². The fraction of sp³-hybridized carbons (Fsp3) is 0.533. The van der Waals surface area contributed by atoms with Gasteiger partial charge in [0.25, 0.3) is 0 Å². The number of nitrogens with zero attached hydrogens (tertiary/aromatic N) is 1. The highest BCUT2D eigenvalue weighted by Crippen LogP contribution is 2.32. The van der Waals surface area contributed by atoms with Crippen molar-refractivity contribution in [3.8, 4) is 11.5 Å². The molecule has 1 aromatic carbocycles. The number of halogens is 1. The summed E-state index contributed by atoms with van der Waals surface area (Å²) in [7, 11) is 0. The highest BCUT2D eigenvalue weighted by molar-refractivity contribution is 14.0. The van der Waals surface area contributed by atoms with Gasteiger partial charge in [-0.05, 0) is 38.0 Å². The molecule has 1 heterocycles. The quantitative estimate of drug-likeness (QED) is 0.450. The number of rotatable bonds is 5. The first-order chi connectivity index (χ1) is 9.72. The van der Waals surface area contributed by atoms with Crippen molar-refractivity contribution in [2.45, 2.75) is 39.8 Å². The highest BCUT2D eigenvalue weighted by Gasteiger charge is 2.13. The second-order valence-electron chi connectivity index (χ2n) is 4.84. The smallest absolute Gasteiger partial charge is 0.231 e. The van der Waals surface area contributed by atoms with Gasteiger partial charge in [0.1, 0.15) is 0 Å². The molecule has 2 rings (SSSR count). The van der Waals surface area contributed by atoms with Gasteiger partial charge in [0.05, 0.1) is 6.54 Å². The summed E-state index contributed by atoms with van der Waals surface area (Å²) in [6.07, 6.45) is 1.06. The summed E-state index contributed by atoms with van der Waals surface area (Å²) in [4.78, 5) is 4.60. The zero-order valence-corrected chi connectivity index (χ0v) is 15.1. The van der Waals surface area contributed by atoms with Gasteiger partial charge in [-0.15, -0.1) is 24.0 Å². The monoisotopic (exact) mass is 405 g/mol. The molecule has 0 saturated heterocycles. The van der Waals surface area contributed by atoms with Crippen LogP contribution in [-0.2, 0) is 6.54 Å². The number of hydrogen-bond donors (Lipinski definition) is 2. The lowest BCUT2D eigenvalue weighted by Gasteiger charge is -2.16. The number of benzene rings is 1. The zero-order valence-electron chi connectivity index (χ0n) is 12.8. The summed E-state index contributed by atoms with van der Waals surface area (Å²) in [5.74, 6) is 2.46. The molecule has 118 valence electrons. The Morgan fingerprint density at radius 3 is 2.76 bits per heavy atom. The summed E-state index contributed by atoms with van der Waals surface area (Å²) in [5.41, 5.74) is 1.11. The van der Waals surface area contributed by atoms with Gasteiger partial charge >= 0.3 is 0 Å². The van der Waals surface area contributed by atoms with Crippen LogP contribution in [0.25, 0.3) is 0 Å². The minimum Gasteiger partial charge on any atom is -0.454 e. The molecular weight excluding hydrogens is 381 g/mol. The Kier molecular flexibility index (Phi) is 7.63. The fourth-order valence-electron chi connectivity index (χ4n) is 1.87. The average molecular weight is 405 g/mol. The summed E-state index contributed by atoms with van der Waals surface area (Å²) >= 11 is 0. The third-order valence-corrected chi connectivity index (χ3v) is 3.20. The van der Waals surface area contributed by atoms with Crippen LogP contribution in [0.1, 0.15) is 32.8 Å². The van der Waals surface area contributed by atoms with Crippen molar-refractivity contribution in [1.29, 1.82) is 0 Å². The van der Waals surface area contributed by atoms with Gasteiger partial charge in [0.2, 0.25) is 6.79 Å². The Morgan fingerprint density at radius 1 is 1.29 bits per heavy atom. The zero-order chi connectivity index (χ0) is 14.4. The van der Waals surface area contributed by atoms with Crippen LogP contribution in [-0.4, -0.2) is 25.3 Å². The van der Waals surface area contributed by atoms with Crippen LogP contribution in [0.3, 0.4) is 0 Å². The van der Waals surface area contributed by atoms with Crippen LogP contribution in [0.2, 0.25) is 0 Å². The van der Waals surface area contributed by atoms with Crippen molar-refractivity contribution in [3.63, 3.8) is 0 Å². The Hall–Kier alpha value is -1.18. The lowest BCUT2D eigenvalue weighted by molar-refractivity contribution is 0.174. The molecule has 0 aliphatic carbocycles. The van der Waals surface area contributed by atoms with E-state index in [1.54, 1.807) is 0 Å². The number of aliphatic imine (C=N–C) groups is 1. The molecule has 5 nitrogen and oxygen atoms in total. The van der Waals surface area contributed by atoms with Crippen LogP contribution >= 0.6 is 24.0 Å². The Morgan fingerprint density at radius 2 is 2.05 bits per heavy atom. The number of nitrogens with one attached hydrogen (secondary N) is 2. The molecule has 6 heteroatoms. The van der Waals surface area contributed by atoms with Crippen LogP contribution in [0, 0.1) is 0 Å². The third kappa shape index (κ3) is 5.26. The van der Waals surface area contributed by atoms with E-state index in [1.165, 1.54) is 0 Å². The van der Waals surface area contributed by atoms with Crippen molar-refractivity contribution in [2.75, 3.05) is 13.3 Å². The highest BCUT2D eigenvalue weighted by atomic mass is 127. The molecule has 0 radical (unpaired) electrons. The molecule has 21 heavy (non-hydrogen) atoms. The number of hydrogen-bond acceptors (Lipinski definition) is 3. The average Bonchev–Trinajstić information content (AvgIpc) is 2.92. The molecule has 1 aromatic rings. The second kappa shape index (κ2) is 8.96. The summed E-state index contributed by atoms with van der Waals surface area (Å²) in [5, 5.41) is 6.63. The van der Waals surface area contributed by atoms with Crippen molar-refractivity contribution >= 4 is 29.9 Å². The fourth-order valence-corrected chi connectivity index (χ4v) is 1.87. The van der Waals surface area contributed by atoms with E-state index in [0.29, 0.717) is 19.4 Å². The Labute approximate surface area is 143 Å². The maximum atomic E-state index is 5.37. The molecule has 0 saturated carbocycles. The third-order valence-electron chi connectivity index (χ3n) is 3.20. The van der Waals surface area contributed by atoms with E-state index in [2.05, 4.69) is 36.4 Å². The van der Waals surface area contributed by atoms with Crippen LogP contribution < -0.4 is 20.1 Å². The molecule has 1 unspecified atom stereocenters. The van der Waals surface area contributed by atoms with E-state index < -0.39 is 0 Å². The molecule has 0 aromatic heterocycles. The van der Waals surface area contributed by atoms with Crippen molar-refractivity contribution in [3.05, 3.63) is 23.8 Å². The number of ether oxygens (including phenoxy) is 2. The standard InChI is InChI=1S/C15H23N3O2.HI/c1-4-11(3)18-15(16-5-2)17-9-12-6-7-13-14(8-12)20-10-19-13;/h6-8,11H,4-5,9-10H2,1-3H3,(H2,16,17,18);1H.